The lowest BCUT2D eigenvalue weighted by atomic mass is 10.1. The van der Waals surface area contributed by atoms with Crippen LogP contribution in [-0.2, 0) is 0 Å². The van der Waals surface area contributed by atoms with Crippen molar-refractivity contribution in [2.75, 3.05) is 13.2 Å². The van der Waals surface area contributed by atoms with Crippen molar-refractivity contribution in [2.45, 2.75) is 32.9 Å². The van der Waals surface area contributed by atoms with Crippen molar-refractivity contribution in [3.05, 3.63) is 29.8 Å². The minimum atomic E-state index is -0.315. The summed E-state index contributed by atoms with van der Waals surface area (Å²) in [6.45, 7) is 7.13. The maximum atomic E-state index is 9.18. The van der Waals surface area contributed by atoms with Gasteiger partial charge in [-0.1, -0.05) is 12.1 Å². The van der Waals surface area contributed by atoms with Gasteiger partial charge in [-0.05, 0) is 38.5 Å². The predicted molar refractivity (Wildman–Crippen MR) is 65.7 cm³/mol. The topological polar surface area (TPSA) is 41.5 Å². The molecule has 1 aromatic rings. The van der Waals surface area contributed by atoms with E-state index >= 15 is 0 Å². The Morgan fingerprint density at radius 2 is 1.88 bits per heavy atom. The fourth-order valence-electron chi connectivity index (χ4n) is 1.48. The highest BCUT2D eigenvalue weighted by atomic mass is 16.5. The van der Waals surface area contributed by atoms with E-state index in [9.17, 15) is 5.11 Å². The quantitative estimate of drug-likeness (QED) is 0.776. The van der Waals surface area contributed by atoms with Gasteiger partial charge in [-0.15, -0.1) is 0 Å². The highest BCUT2D eigenvalue weighted by Crippen LogP contribution is 2.17. The normalized spacial score (nSPS) is 14.5. The van der Waals surface area contributed by atoms with Gasteiger partial charge >= 0.3 is 0 Å². The summed E-state index contributed by atoms with van der Waals surface area (Å²) in [4.78, 5) is 0. The average molecular weight is 223 g/mol. The van der Waals surface area contributed by atoms with E-state index < -0.39 is 0 Å². The van der Waals surface area contributed by atoms with Crippen molar-refractivity contribution < 1.29 is 9.84 Å². The largest absolute Gasteiger partial charge is 0.494 e. The third kappa shape index (κ3) is 4.21. The van der Waals surface area contributed by atoms with Crippen LogP contribution in [0.5, 0.6) is 5.75 Å². The molecule has 0 saturated heterocycles. The number of rotatable bonds is 6. The summed E-state index contributed by atoms with van der Waals surface area (Å²) in [5, 5.41) is 12.4. The second kappa shape index (κ2) is 6.51. The average Bonchev–Trinajstić information content (AvgIpc) is 2.27. The molecule has 3 nitrogen and oxygen atoms in total. The standard InChI is InChI=1S/C13H21NO2/c1-4-16-13-7-5-12(6-8-13)11(3)14-9-10(2)15/h5-8,10-11,14-15H,4,9H2,1-3H3/t10-,11?/m0/s1. The van der Waals surface area contributed by atoms with Gasteiger partial charge in [0.05, 0.1) is 12.7 Å². The summed E-state index contributed by atoms with van der Waals surface area (Å²) in [6, 6.07) is 8.28. The molecule has 16 heavy (non-hydrogen) atoms. The highest BCUT2D eigenvalue weighted by molar-refractivity contribution is 5.28. The monoisotopic (exact) mass is 223 g/mol. The van der Waals surface area contributed by atoms with Gasteiger partial charge in [0.15, 0.2) is 0 Å². The summed E-state index contributed by atoms with van der Waals surface area (Å²) in [5.41, 5.74) is 1.20. The molecule has 1 rings (SSSR count). The molecule has 0 spiro atoms. The summed E-state index contributed by atoms with van der Waals surface area (Å²) < 4.78 is 5.38. The molecule has 0 bridgehead atoms. The Hall–Kier alpha value is -1.06. The smallest absolute Gasteiger partial charge is 0.119 e. The molecular formula is C13H21NO2. The van der Waals surface area contributed by atoms with Gasteiger partial charge in [-0.25, -0.2) is 0 Å². The lowest BCUT2D eigenvalue weighted by molar-refractivity contribution is 0.187. The van der Waals surface area contributed by atoms with Gasteiger partial charge in [-0.2, -0.15) is 0 Å². The van der Waals surface area contributed by atoms with Gasteiger partial charge < -0.3 is 15.2 Å². The molecule has 0 aromatic heterocycles. The molecule has 90 valence electrons. The van der Waals surface area contributed by atoms with Gasteiger partial charge in [0.1, 0.15) is 5.75 Å². The lowest BCUT2D eigenvalue weighted by Gasteiger charge is -2.15. The van der Waals surface area contributed by atoms with Crippen LogP contribution in [0, 0.1) is 0 Å². The zero-order chi connectivity index (χ0) is 12.0. The van der Waals surface area contributed by atoms with Crippen molar-refractivity contribution in [1.29, 1.82) is 0 Å². The molecule has 2 N–H and O–H groups in total. The summed E-state index contributed by atoms with van der Waals surface area (Å²) in [5.74, 6) is 0.897. The number of aliphatic hydroxyl groups excluding tert-OH is 1. The lowest BCUT2D eigenvalue weighted by Crippen LogP contribution is -2.27. The Bertz CT molecular complexity index is 295. The Kier molecular flexibility index (Phi) is 5.29. The first kappa shape index (κ1) is 13.0. The minimum Gasteiger partial charge on any atom is -0.494 e. The maximum absolute atomic E-state index is 9.18. The van der Waals surface area contributed by atoms with Gasteiger partial charge in [0.25, 0.3) is 0 Å². The maximum Gasteiger partial charge on any atom is 0.119 e. The molecule has 1 aromatic carbocycles. The van der Waals surface area contributed by atoms with Crippen LogP contribution < -0.4 is 10.1 Å². The van der Waals surface area contributed by atoms with Crippen molar-refractivity contribution in [3.63, 3.8) is 0 Å². The predicted octanol–water partition coefficient (Wildman–Crippen LogP) is 2.12. The molecule has 1 unspecified atom stereocenters. The van der Waals surface area contributed by atoms with Crippen LogP contribution in [0.1, 0.15) is 32.4 Å². The molecule has 0 amide bonds. The van der Waals surface area contributed by atoms with Crippen molar-refractivity contribution in [1.82, 2.24) is 5.32 Å². The molecule has 3 heteroatoms. The molecule has 0 aliphatic carbocycles. The van der Waals surface area contributed by atoms with Crippen LogP contribution in [0.3, 0.4) is 0 Å². The second-order valence-corrected chi connectivity index (χ2v) is 3.98. The van der Waals surface area contributed by atoms with Crippen molar-refractivity contribution >= 4 is 0 Å². The van der Waals surface area contributed by atoms with E-state index in [0.717, 1.165) is 5.75 Å². The van der Waals surface area contributed by atoms with E-state index in [1.165, 1.54) is 5.56 Å². The molecule has 0 fully saturated rings. The van der Waals surface area contributed by atoms with E-state index in [4.69, 9.17) is 4.74 Å². The summed E-state index contributed by atoms with van der Waals surface area (Å²) in [7, 11) is 0. The summed E-state index contributed by atoms with van der Waals surface area (Å²) in [6.07, 6.45) is -0.315. The molecule has 0 heterocycles. The van der Waals surface area contributed by atoms with Crippen LogP contribution in [0.4, 0.5) is 0 Å². The number of hydrogen-bond acceptors (Lipinski definition) is 3. The first-order valence-electron chi connectivity index (χ1n) is 5.77. The Morgan fingerprint density at radius 3 is 2.38 bits per heavy atom. The Morgan fingerprint density at radius 1 is 1.25 bits per heavy atom. The van der Waals surface area contributed by atoms with Gasteiger partial charge in [-0.3, -0.25) is 0 Å². The molecule has 2 atom stereocenters. The minimum absolute atomic E-state index is 0.241. The van der Waals surface area contributed by atoms with Crippen LogP contribution >= 0.6 is 0 Å². The fourth-order valence-corrected chi connectivity index (χ4v) is 1.48. The van der Waals surface area contributed by atoms with Crippen molar-refractivity contribution in [3.8, 4) is 5.75 Å². The van der Waals surface area contributed by atoms with E-state index in [2.05, 4.69) is 12.2 Å². The van der Waals surface area contributed by atoms with E-state index in [1.54, 1.807) is 6.92 Å². The number of hydrogen-bond donors (Lipinski definition) is 2. The van der Waals surface area contributed by atoms with Gasteiger partial charge in [0.2, 0.25) is 0 Å². The third-order valence-corrected chi connectivity index (χ3v) is 2.41. The zero-order valence-corrected chi connectivity index (χ0v) is 10.2. The van der Waals surface area contributed by atoms with Crippen LogP contribution in [0.2, 0.25) is 0 Å². The fraction of sp³-hybridized carbons (Fsp3) is 0.538. The van der Waals surface area contributed by atoms with Crippen molar-refractivity contribution in [2.24, 2.45) is 0 Å². The number of ether oxygens (including phenoxy) is 1. The second-order valence-electron chi connectivity index (χ2n) is 3.98. The molecular weight excluding hydrogens is 202 g/mol. The number of nitrogens with one attached hydrogen (secondary N) is 1. The molecule has 0 saturated carbocycles. The van der Waals surface area contributed by atoms with Crippen LogP contribution in [-0.4, -0.2) is 24.4 Å². The first-order valence-corrected chi connectivity index (χ1v) is 5.77. The van der Waals surface area contributed by atoms with Crippen LogP contribution in [0.15, 0.2) is 24.3 Å². The first-order chi connectivity index (χ1) is 7.63. The van der Waals surface area contributed by atoms with E-state index in [0.29, 0.717) is 13.2 Å². The SMILES string of the molecule is CCOc1ccc(C(C)NC[C@H](C)O)cc1. The Balaban J connectivity index is 2.52. The van der Waals surface area contributed by atoms with E-state index in [1.807, 2.05) is 31.2 Å². The number of benzene rings is 1. The van der Waals surface area contributed by atoms with Crippen LogP contribution in [0.25, 0.3) is 0 Å². The molecule has 0 aliphatic rings. The van der Waals surface area contributed by atoms with E-state index in [-0.39, 0.29) is 12.1 Å². The zero-order valence-electron chi connectivity index (χ0n) is 10.2. The highest BCUT2D eigenvalue weighted by Gasteiger charge is 2.05. The third-order valence-electron chi connectivity index (χ3n) is 2.41. The van der Waals surface area contributed by atoms with Gasteiger partial charge in [0, 0.05) is 12.6 Å². The molecule has 0 aliphatic heterocycles. The molecule has 0 radical (unpaired) electrons. The Labute approximate surface area is 97.4 Å². The number of aliphatic hydroxyl groups is 1. The summed E-state index contributed by atoms with van der Waals surface area (Å²) >= 11 is 0.